The van der Waals surface area contributed by atoms with Gasteiger partial charge >= 0.3 is 0 Å². The Balaban J connectivity index is 1.42. The van der Waals surface area contributed by atoms with Crippen molar-refractivity contribution in [2.75, 3.05) is 6.54 Å². The van der Waals surface area contributed by atoms with E-state index in [9.17, 15) is 4.79 Å². The van der Waals surface area contributed by atoms with Gasteiger partial charge in [0.15, 0.2) is 0 Å². The first-order chi connectivity index (χ1) is 9.22. The van der Waals surface area contributed by atoms with Crippen molar-refractivity contribution in [1.29, 1.82) is 0 Å². The van der Waals surface area contributed by atoms with E-state index >= 15 is 0 Å². The Kier molecular flexibility index (Phi) is 3.60. The summed E-state index contributed by atoms with van der Waals surface area (Å²) in [6, 6.07) is 5.25. The average Bonchev–Trinajstić information content (AvgIpc) is 2.96. The maximum atomic E-state index is 11.9. The van der Waals surface area contributed by atoms with E-state index in [2.05, 4.69) is 17.1 Å². The zero-order valence-electron chi connectivity index (χ0n) is 11.5. The van der Waals surface area contributed by atoms with Gasteiger partial charge in [-0.1, -0.05) is 0 Å². The van der Waals surface area contributed by atoms with Crippen LogP contribution in [0.15, 0.2) is 22.8 Å². The fraction of sp³-hybridized carbons (Fsp3) is 0.667. The molecule has 1 aliphatic heterocycles. The molecule has 1 saturated carbocycles. The molecule has 4 nitrogen and oxygen atoms in total. The van der Waals surface area contributed by atoms with Crippen LogP contribution in [0.4, 0.5) is 0 Å². The molecule has 1 aromatic heterocycles. The van der Waals surface area contributed by atoms with Crippen molar-refractivity contribution >= 4 is 5.91 Å². The first-order valence-electron chi connectivity index (χ1n) is 7.30. The Morgan fingerprint density at radius 3 is 3.05 bits per heavy atom. The van der Waals surface area contributed by atoms with Crippen LogP contribution in [-0.2, 0) is 11.2 Å². The van der Waals surface area contributed by atoms with Gasteiger partial charge in [-0.05, 0) is 38.3 Å². The van der Waals surface area contributed by atoms with Crippen molar-refractivity contribution in [3.63, 3.8) is 0 Å². The second kappa shape index (κ2) is 5.37. The molecule has 2 aliphatic rings. The number of nitrogens with one attached hydrogen (secondary N) is 1. The maximum absolute atomic E-state index is 11.9. The van der Waals surface area contributed by atoms with Crippen LogP contribution in [0.5, 0.6) is 0 Å². The van der Waals surface area contributed by atoms with Gasteiger partial charge in [0.1, 0.15) is 5.76 Å². The van der Waals surface area contributed by atoms with Gasteiger partial charge in [0, 0.05) is 37.5 Å². The van der Waals surface area contributed by atoms with Gasteiger partial charge in [0.25, 0.3) is 0 Å². The number of rotatable bonds is 6. The quantitative estimate of drug-likeness (QED) is 0.852. The van der Waals surface area contributed by atoms with Crippen molar-refractivity contribution in [2.45, 2.75) is 57.2 Å². The molecule has 2 heterocycles. The molecule has 1 N–H and O–H groups in total. The van der Waals surface area contributed by atoms with Crippen molar-refractivity contribution in [3.8, 4) is 0 Å². The standard InChI is InChI=1S/C15H22N2O2/c1-11(4-7-14-3-2-8-19-14)16-12-9-15(18)17(10-12)13-5-6-13/h2-3,8,11-13,16H,4-7,9-10H2,1H3. The average molecular weight is 262 g/mol. The van der Waals surface area contributed by atoms with Crippen LogP contribution in [0, 0.1) is 0 Å². The molecule has 0 bridgehead atoms. The lowest BCUT2D eigenvalue weighted by molar-refractivity contribution is -0.128. The highest BCUT2D eigenvalue weighted by molar-refractivity contribution is 5.80. The minimum atomic E-state index is 0.332. The third kappa shape index (κ3) is 3.18. The third-order valence-electron chi connectivity index (χ3n) is 4.07. The van der Waals surface area contributed by atoms with Crippen LogP contribution in [0.25, 0.3) is 0 Å². The highest BCUT2D eigenvalue weighted by Gasteiger charge is 2.39. The molecule has 19 heavy (non-hydrogen) atoms. The summed E-state index contributed by atoms with van der Waals surface area (Å²) in [5.74, 6) is 1.37. The molecule has 0 spiro atoms. The van der Waals surface area contributed by atoms with Crippen LogP contribution in [0.3, 0.4) is 0 Å². The Hall–Kier alpha value is -1.29. The summed E-state index contributed by atoms with van der Waals surface area (Å²) in [6.07, 6.45) is 6.78. The van der Waals surface area contributed by atoms with Crippen molar-refractivity contribution in [3.05, 3.63) is 24.2 Å². The van der Waals surface area contributed by atoms with Crippen molar-refractivity contribution < 1.29 is 9.21 Å². The molecule has 4 heteroatoms. The molecule has 1 aliphatic carbocycles. The topological polar surface area (TPSA) is 45.5 Å². The van der Waals surface area contributed by atoms with Gasteiger partial charge < -0.3 is 14.6 Å². The van der Waals surface area contributed by atoms with E-state index < -0.39 is 0 Å². The van der Waals surface area contributed by atoms with E-state index in [1.54, 1.807) is 6.26 Å². The molecule has 2 atom stereocenters. The predicted molar refractivity (Wildman–Crippen MR) is 72.8 cm³/mol. The normalized spacial score (nSPS) is 25.0. The van der Waals surface area contributed by atoms with Crippen molar-refractivity contribution in [2.24, 2.45) is 0 Å². The Labute approximate surface area is 114 Å². The molecule has 2 unspecified atom stereocenters. The lowest BCUT2D eigenvalue weighted by Gasteiger charge is -2.20. The second-order valence-electron chi connectivity index (χ2n) is 5.86. The monoisotopic (exact) mass is 262 g/mol. The highest BCUT2D eigenvalue weighted by Crippen LogP contribution is 2.30. The largest absolute Gasteiger partial charge is 0.469 e. The minimum Gasteiger partial charge on any atom is -0.469 e. The van der Waals surface area contributed by atoms with Crippen molar-refractivity contribution in [1.82, 2.24) is 10.2 Å². The molecular formula is C15H22N2O2. The first-order valence-corrected chi connectivity index (χ1v) is 7.30. The van der Waals surface area contributed by atoms with Gasteiger partial charge in [0.2, 0.25) is 5.91 Å². The number of amides is 1. The highest BCUT2D eigenvalue weighted by atomic mass is 16.3. The number of nitrogens with zero attached hydrogens (tertiary/aromatic N) is 1. The summed E-state index contributed by atoms with van der Waals surface area (Å²) >= 11 is 0. The van der Waals surface area contributed by atoms with Gasteiger partial charge in [0.05, 0.1) is 6.26 Å². The summed E-state index contributed by atoms with van der Waals surface area (Å²) in [6.45, 7) is 3.09. The fourth-order valence-electron chi connectivity index (χ4n) is 2.88. The Morgan fingerprint density at radius 2 is 2.37 bits per heavy atom. The molecule has 2 fully saturated rings. The number of furan rings is 1. The van der Waals surface area contributed by atoms with Crippen LogP contribution < -0.4 is 5.32 Å². The molecule has 3 rings (SSSR count). The van der Waals surface area contributed by atoms with Gasteiger partial charge in [-0.15, -0.1) is 0 Å². The summed E-state index contributed by atoms with van der Waals surface area (Å²) in [5.41, 5.74) is 0. The summed E-state index contributed by atoms with van der Waals surface area (Å²) < 4.78 is 5.34. The SMILES string of the molecule is CC(CCc1ccco1)NC1CC(=O)N(C2CC2)C1. The molecular weight excluding hydrogens is 240 g/mol. The zero-order chi connectivity index (χ0) is 13.2. The minimum absolute atomic E-state index is 0.332. The van der Waals surface area contributed by atoms with E-state index in [1.165, 1.54) is 12.8 Å². The van der Waals surface area contributed by atoms with Gasteiger partial charge in [-0.2, -0.15) is 0 Å². The third-order valence-corrected chi connectivity index (χ3v) is 4.07. The van der Waals surface area contributed by atoms with Crippen LogP contribution in [0.1, 0.15) is 38.4 Å². The Morgan fingerprint density at radius 1 is 1.53 bits per heavy atom. The lowest BCUT2D eigenvalue weighted by atomic mass is 10.1. The molecule has 0 aromatic carbocycles. The van der Waals surface area contributed by atoms with Gasteiger partial charge in [-0.3, -0.25) is 4.79 Å². The van der Waals surface area contributed by atoms with E-state index in [-0.39, 0.29) is 0 Å². The summed E-state index contributed by atoms with van der Waals surface area (Å²) in [5, 5.41) is 3.58. The second-order valence-corrected chi connectivity index (χ2v) is 5.86. The molecule has 0 radical (unpaired) electrons. The zero-order valence-corrected chi connectivity index (χ0v) is 11.5. The van der Waals surface area contributed by atoms with E-state index in [0.29, 0.717) is 30.5 Å². The summed E-state index contributed by atoms with van der Waals surface area (Å²) in [4.78, 5) is 13.9. The first kappa shape index (κ1) is 12.7. The molecule has 104 valence electrons. The Bertz CT molecular complexity index is 425. The number of likely N-dealkylation sites (tertiary alicyclic amines) is 1. The number of hydrogen-bond donors (Lipinski definition) is 1. The number of aryl methyl sites for hydroxylation is 1. The smallest absolute Gasteiger partial charge is 0.224 e. The van der Waals surface area contributed by atoms with E-state index in [0.717, 1.165) is 25.1 Å². The predicted octanol–water partition coefficient (Wildman–Crippen LogP) is 1.95. The number of hydrogen-bond acceptors (Lipinski definition) is 3. The van der Waals surface area contributed by atoms with Crippen LogP contribution in [-0.4, -0.2) is 35.5 Å². The van der Waals surface area contributed by atoms with E-state index in [4.69, 9.17) is 4.42 Å². The van der Waals surface area contributed by atoms with E-state index in [1.807, 2.05) is 12.1 Å². The van der Waals surface area contributed by atoms with Crippen LogP contribution >= 0.6 is 0 Å². The molecule has 1 saturated heterocycles. The molecule has 1 aromatic rings. The number of carbonyl (C=O) groups excluding carboxylic acids is 1. The number of carbonyl (C=O) groups is 1. The summed E-state index contributed by atoms with van der Waals surface area (Å²) in [7, 11) is 0. The van der Waals surface area contributed by atoms with Crippen LogP contribution in [0.2, 0.25) is 0 Å². The maximum Gasteiger partial charge on any atom is 0.224 e. The van der Waals surface area contributed by atoms with Gasteiger partial charge in [-0.25, -0.2) is 0 Å². The fourth-order valence-corrected chi connectivity index (χ4v) is 2.88. The molecule has 1 amide bonds. The lowest BCUT2D eigenvalue weighted by Crippen LogP contribution is -2.39.